The van der Waals surface area contributed by atoms with Crippen LogP contribution < -0.4 is 0 Å². The van der Waals surface area contributed by atoms with Gasteiger partial charge in [0.15, 0.2) is 0 Å². The predicted molar refractivity (Wildman–Crippen MR) is 61.6 cm³/mol. The van der Waals surface area contributed by atoms with Crippen LogP contribution in [0, 0.1) is 10.1 Å². The molecule has 0 radical (unpaired) electrons. The van der Waals surface area contributed by atoms with Crippen LogP contribution in [-0.4, -0.2) is 4.92 Å². The Kier molecular flexibility index (Phi) is 4.29. The topological polar surface area (TPSA) is 43.1 Å². The normalized spacial score (nSPS) is 10.4. The number of hydrogen-bond donors (Lipinski definition) is 0. The van der Waals surface area contributed by atoms with Crippen LogP contribution in [0.4, 0.5) is 5.69 Å². The highest BCUT2D eigenvalue weighted by molar-refractivity contribution is 5.60. The number of nitro benzene ring substituents is 1. The second kappa shape index (κ2) is 5.75. The van der Waals surface area contributed by atoms with Crippen molar-refractivity contribution in [2.75, 3.05) is 0 Å². The van der Waals surface area contributed by atoms with E-state index in [4.69, 9.17) is 0 Å². The van der Waals surface area contributed by atoms with E-state index in [1.807, 2.05) is 12.2 Å². The Morgan fingerprint density at radius 1 is 1.33 bits per heavy atom. The third-order valence-electron chi connectivity index (χ3n) is 1.97. The highest BCUT2D eigenvalue weighted by atomic mass is 16.6. The molecule has 0 aliphatic rings. The summed E-state index contributed by atoms with van der Waals surface area (Å²) >= 11 is 0. The molecule has 78 valence electrons. The molecule has 0 atom stereocenters. The number of para-hydroxylation sites is 1. The lowest BCUT2D eigenvalue weighted by molar-refractivity contribution is -0.385. The summed E-state index contributed by atoms with van der Waals surface area (Å²) in [7, 11) is 0. The van der Waals surface area contributed by atoms with Crippen molar-refractivity contribution in [3.05, 3.63) is 58.7 Å². The standard InChI is InChI=1S/C12H13NO2/c1-2-3-4-5-8-11-9-6-7-10-12(11)13(14)15/h2,5-10H,1,3-4H2/b8-5+. The molecule has 0 bridgehead atoms. The van der Waals surface area contributed by atoms with Crippen molar-refractivity contribution in [2.45, 2.75) is 12.8 Å². The minimum atomic E-state index is -0.368. The highest BCUT2D eigenvalue weighted by Gasteiger charge is 2.08. The van der Waals surface area contributed by atoms with Crippen molar-refractivity contribution >= 4 is 11.8 Å². The summed E-state index contributed by atoms with van der Waals surface area (Å²) in [5.74, 6) is 0. The van der Waals surface area contributed by atoms with Gasteiger partial charge in [-0.1, -0.05) is 30.4 Å². The van der Waals surface area contributed by atoms with Crippen molar-refractivity contribution in [2.24, 2.45) is 0 Å². The van der Waals surface area contributed by atoms with Crippen molar-refractivity contribution in [1.82, 2.24) is 0 Å². The van der Waals surface area contributed by atoms with Gasteiger partial charge in [0.1, 0.15) is 0 Å². The minimum absolute atomic E-state index is 0.146. The Hall–Kier alpha value is -1.90. The molecule has 1 rings (SSSR count). The van der Waals surface area contributed by atoms with Gasteiger partial charge in [-0.25, -0.2) is 0 Å². The fourth-order valence-corrected chi connectivity index (χ4v) is 1.22. The number of allylic oxidation sites excluding steroid dienone is 2. The summed E-state index contributed by atoms with van der Waals surface area (Å²) in [4.78, 5) is 10.3. The van der Waals surface area contributed by atoms with Crippen LogP contribution in [-0.2, 0) is 0 Å². The Morgan fingerprint density at radius 2 is 2.07 bits per heavy atom. The van der Waals surface area contributed by atoms with Crippen LogP contribution in [0.15, 0.2) is 43.0 Å². The first-order valence-corrected chi connectivity index (χ1v) is 4.76. The molecule has 0 spiro atoms. The fourth-order valence-electron chi connectivity index (χ4n) is 1.22. The van der Waals surface area contributed by atoms with Gasteiger partial charge in [-0.2, -0.15) is 0 Å². The molecule has 1 aromatic rings. The van der Waals surface area contributed by atoms with E-state index in [0.717, 1.165) is 12.8 Å². The molecule has 1 aromatic carbocycles. The Morgan fingerprint density at radius 3 is 2.73 bits per heavy atom. The van der Waals surface area contributed by atoms with Gasteiger partial charge in [0.05, 0.1) is 10.5 Å². The lowest BCUT2D eigenvalue weighted by atomic mass is 10.1. The first-order valence-electron chi connectivity index (χ1n) is 4.76. The largest absolute Gasteiger partial charge is 0.276 e. The average Bonchev–Trinajstić information content (AvgIpc) is 2.25. The van der Waals surface area contributed by atoms with E-state index in [1.165, 1.54) is 6.07 Å². The smallest absolute Gasteiger partial charge is 0.258 e. The van der Waals surface area contributed by atoms with Crippen LogP contribution in [0.1, 0.15) is 18.4 Å². The number of nitro groups is 1. The first-order chi connectivity index (χ1) is 7.25. The predicted octanol–water partition coefficient (Wildman–Crippen LogP) is 3.57. The van der Waals surface area contributed by atoms with Gasteiger partial charge >= 0.3 is 0 Å². The summed E-state index contributed by atoms with van der Waals surface area (Å²) in [5, 5.41) is 10.7. The summed E-state index contributed by atoms with van der Waals surface area (Å²) in [6, 6.07) is 6.70. The van der Waals surface area contributed by atoms with Gasteiger partial charge in [0.25, 0.3) is 5.69 Å². The maximum Gasteiger partial charge on any atom is 0.276 e. The van der Waals surface area contributed by atoms with Crippen molar-refractivity contribution < 1.29 is 4.92 Å². The van der Waals surface area contributed by atoms with Crippen LogP contribution in [0.25, 0.3) is 6.08 Å². The first kappa shape index (κ1) is 11.2. The van der Waals surface area contributed by atoms with Gasteiger partial charge in [-0.3, -0.25) is 10.1 Å². The molecule has 0 saturated heterocycles. The van der Waals surface area contributed by atoms with E-state index in [-0.39, 0.29) is 10.6 Å². The second-order valence-electron chi connectivity index (χ2n) is 3.08. The van der Waals surface area contributed by atoms with E-state index in [0.29, 0.717) is 5.56 Å². The summed E-state index contributed by atoms with van der Waals surface area (Å²) in [6.45, 7) is 3.61. The Balaban J connectivity index is 2.79. The van der Waals surface area contributed by atoms with Gasteiger partial charge in [-0.05, 0) is 18.9 Å². The van der Waals surface area contributed by atoms with E-state index in [2.05, 4.69) is 6.58 Å². The van der Waals surface area contributed by atoms with E-state index < -0.39 is 0 Å². The average molecular weight is 203 g/mol. The van der Waals surface area contributed by atoms with Gasteiger partial charge < -0.3 is 0 Å². The number of nitrogens with zero attached hydrogens (tertiary/aromatic N) is 1. The lowest BCUT2D eigenvalue weighted by Crippen LogP contribution is -1.90. The van der Waals surface area contributed by atoms with Crippen LogP contribution >= 0.6 is 0 Å². The third-order valence-corrected chi connectivity index (χ3v) is 1.97. The summed E-state index contributed by atoms with van der Waals surface area (Å²) in [6.07, 6.45) is 7.27. The fraction of sp³-hybridized carbons (Fsp3) is 0.167. The van der Waals surface area contributed by atoms with Crippen LogP contribution in [0.3, 0.4) is 0 Å². The molecule has 0 heterocycles. The molecule has 3 nitrogen and oxygen atoms in total. The highest BCUT2D eigenvalue weighted by Crippen LogP contribution is 2.19. The van der Waals surface area contributed by atoms with Gasteiger partial charge in [0.2, 0.25) is 0 Å². The summed E-state index contributed by atoms with van der Waals surface area (Å²) in [5.41, 5.74) is 0.791. The third kappa shape index (κ3) is 3.38. The van der Waals surface area contributed by atoms with Crippen LogP contribution in [0.5, 0.6) is 0 Å². The molecule has 0 aliphatic carbocycles. The molecule has 15 heavy (non-hydrogen) atoms. The molecule has 0 unspecified atom stereocenters. The number of benzene rings is 1. The number of hydrogen-bond acceptors (Lipinski definition) is 2. The number of unbranched alkanes of at least 4 members (excludes halogenated alkanes) is 1. The summed E-state index contributed by atoms with van der Waals surface area (Å²) < 4.78 is 0. The molecule has 0 aromatic heterocycles. The minimum Gasteiger partial charge on any atom is -0.258 e. The SMILES string of the molecule is C=CCC/C=C/c1ccccc1[N+](=O)[O-]. The number of rotatable bonds is 5. The van der Waals surface area contributed by atoms with Gasteiger partial charge in [-0.15, -0.1) is 6.58 Å². The van der Waals surface area contributed by atoms with E-state index in [9.17, 15) is 10.1 Å². The monoisotopic (exact) mass is 203 g/mol. The molecule has 0 amide bonds. The molecule has 0 aliphatic heterocycles. The van der Waals surface area contributed by atoms with Crippen molar-refractivity contribution in [3.63, 3.8) is 0 Å². The lowest BCUT2D eigenvalue weighted by Gasteiger charge is -1.95. The maximum absolute atomic E-state index is 10.7. The molecule has 0 saturated carbocycles. The quantitative estimate of drug-likeness (QED) is 0.318. The molecule has 0 fully saturated rings. The van der Waals surface area contributed by atoms with Gasteiger partial charge in [0, 0.05) is 6.07 Å². The molecular weight excluding hydrogens is 190 g/mol. The van der Waals surface area contributed by atoms with E-state index in [1.54, 1.807) is 24.3 Å². The zero-order chi connectivity index (χ0) is 11.1. The zero-order valence-corrected chi connectivity index (χ0v) is 8.43. The van der Waals surface area contributed by atoms with Crippen molar-refractivity contribution in [1.29, 1.82) is 0 Å². The zero-order valence-electron chi connectivity index (χ0n) is 8.43. The Labute approximate surface area is 88.9 Å². The Bertz CT molecular complexity index is 383. The van der Waals surface area contributed by atoms with Crippen molar-refractivity contribution in [3.8, 4) is 0 Å². The van der Waals surface area contributed by atoms with E-state index >= 15 is 0 Å². The molecular formula is C12H13NO2. The molecule has 0 N–H and O–H groups in total. The second-order valence-corrected chi connectivity index (χ2v) is 3.08. The molecule has 3 heteroatoms. The maximum atomic E-state index is 10.7. The van der Waals surface area contributed by atoms with Crippen LogP contribution in [0.2, 0.25) is 0 Å².